The highest BCUT2D eigenvalue weighted by atomic mass is 16.2. The van der Waals surface area contributed by atoms with E-state index in [4.69, 9.17) is 0 Å². The second kappa shape index (κ2) is 7.18. The van der Waals surface area contributed by atoms with E-state index in [2.05, 4.69) is 0 Å². The first-order chi connectivity index (χ1) is 21.4. The number of benzene rings is 3. The van der Waals surface area contributed by atoms with Gasteiger partial charge in [0.2, 0.25) is 0 Å². The van der Waals surface area contributed by atoms with Gasteiger partial charge in [-0.05, 0) is 36.4 Å². The van der Waals surface area contributed by atoms with Crippen LogP contribution in [0.5, 0.6) is 0 Å². The molecular weight excluding hydrogens is 564 g/mol. The summed E-state index contributed by atoms with van der Waals surface area (Å²) in [4.78, 5) is 82.6. The first kappa shape index (κ1) is 23.4. The molecule has 6 bridgehead atoms. The minimum absolute atomic E-state index is 0.238. The molecular formula is C32H20N6O6. The summed E-state index contributed by atoms with van der Waals surface area (Å²) in [5, 5.41) is 9.28. The van der Waals surface area contributed by atoms with Gasteiger partial charge in [-0.25, -0.2) is 30.1 Å². The van der Waals surface area contributed by atoms with Gasteiger partial charge in [-0.1, -0.05) is 36.4 Å². The van der Waals surface area contributed by atoms with Crippen LogP contribution in [0, 0.1) is 11.8 Å². The number of nitrogens with zero attached hydrogens (tertiary/aromatic N) is 6. The highest BCUT2D eigenvalue weighted by Gasteiger charge is 2.89. The molecule has 0 radical (unpaired) electrons. The molecule has 0 unspecified atom stereocenters. The summed E-state index contributed by atoms with van der Waals surface area (Å²) in [6.45, 7) is 0. The molecule has 9 aliphatic heterocycles. The fraction of sp³-hybridized carbons (Fsp3) is 0.250. The predicted molar refractivity (Wildman–Crippen MR) is 146 cm³/mol. The zero-order valence-corrected chi connectivity index (χ0v) is 22.7. The van der Waals surface area contributed by atoms with Crippen LogP contribution in [-0.2, 0) is 0 Å². The van der Waals surface area contributed by atoms with Gasteiger partial charge in [0, 0.05) is 11.8 Å². The van der Waals surface area contributed by atoms with Gasteiger partial charge in [0.1, 0.15) is 0 Å². The fourth-order valence-electron chi connectivity index (χ4n) is 10.1. The maximum Gasteiger partial charge on any atom is 0.276 e. The van der Waals surface area contributed by atoms with Crippen molar-refractivity contribution in [3.63, 3.8) is 0 Å². The minimum Gasteiger partial charge on any atom is -0.267 e. The molecule has 0 aromatic heterocycles. The molecule has 0 saturated carbocycles. The second-order valence-electron chi connectivity index (χ2n) is 12.6. The van der Waals surface area contributed by atoms with Crippen LogP contribution in [0.15, 0.2) is 72.8 Å². The van der Waals surface area contributed by atoms with Crippen LogP contribution in [0.1, 0.15) is 62.1 Å². The second-order valence-corrected chi connectivity index (χ2v) is 12.6. The molecule has 44 heavy (non-hydrogen) atoms. The molecule has 6 saturated heterocycles. The Kier molecular flexibility index (Phi) is 3.82. The van der Waals surface area contributed by atoms with E-state index in [1.54, 1.807) is 72.8 Å². The van der Waals surface area contributed by atoms with E-state index in [1.807, 2.05) is 15.0 Å². The van der Waals surface area contributed by atoms with Gasteiger partial charge in [-0.2, -0.15) is 0 Å². The number of carbonyl (C=O) groups is 6. The van der Waals surface area contributed by atoms with Gasteiger partial charge < -0.3 is 0 Å². The summed E-state index contributed by atoms with van der Waals surface area (Å²) in [6.07, 6.45) is 0. The van der Waals surface area contributed by atoms with Crippen LogP contribution in [0.4, 0.5) is 0 Å². The number of hydrogen-bond acceptors (Lipinski definition) is 9. The Labute approximate surface area is 248 Å². The summed E-state index contributed by atoms with van der Waals surface area (Å²) in [5.74, 6) is -2.99. The average molecular weight is 585 g/mol. The Morgan fingerprint density at radius 3 is 0.682 bits per heavy atom. The Hall–Kier alpha value is -5.04. The lowest BCUT2D eigenvalue weighted by atomic mass is 9.71. The van der Waals surface area contributed by atoms with Crippen molar-refractivity contribution in [1.29, 1.82) is 0 Å². The normalized spacial score (nSPS) is 35.6. The number of hydrogen-bond donors (Lipinski definition) is 0. The average Bonchev–Trinajstić information content (AvgIpc) is 3.90. The highest BCUT2D eigenvalue weighted by Crippen LogP contribution is 2.71. The summed E-state index contributed by atoms with van der Waals surface area (Å²) in [6, 6.07) is 17.8. The van der Waals surface area contributed by atoms with Crippen molar-refractivity contribution < 1.29 is 28.8 Å². The SMILES string of the molecule is O=C1c2ccccc2C(=O)N1N1[C@H]2C3[C@H]4[C@@H]5C([C@@H]2N4N2C(=O)c4ccccc4C2=O)[C@H]1[C@H]3N5N1C(=O)c2ccccc2C1=O. The molecule has 3 aromatic carbocycles. The maximum absolute atomic E-state index is 13.8. The van der Waals surface area contributed by atoms with E-state index < -0.39 is 35.4 Å². The Morgan fingerprint density at radius 1 is 0.318 bits per heavy atom. The van der Waals surface area contributed by atoms with Crippen LogP contribution in [0.25, 0.3) is 0 Å². The fourth-order valence-corrected chi connectivity index (χ4v) is 10.1. The van der Waals surface area contributed by atoms with Crippen molar-refractivity contribution in [3.05, 3.63) is 106 Å². The third-order valence-corrected chi connectivity index (χ3v) is 11.3. The molecule has 6 amide bonds. The molecule has 214 valence electrons. The molecule has 0 aliphatic carbocycles. The predicted octanol–water partition coefficient (Wildman–Crippen LogP) is 1.04. The zero-order chi connectivity index (χ0) is 29.5. The van der Waals surface area contributed by atoms with Crippen molar-refractivity contribution in [2.45, 2.75) is 36.3 Å². The van der Waals surface area contributed by atoms with E-state index in [0.717, 1.165) is 0 Å². The maximum atomic E-state index is 13.8. The quantitative estimate of drug-likeness (QED) is 0.416. The lowest BCUT2D eigenvalue weighted by molar-refractivity contribution is -0.0246. The van der Waals surface area contributed by atoms with Crippen molar-refractivity contribution in [3.8, 4) is 0 Å². The standard InChI is InChI=1S/C32H20N6O6/c39-27-13-7-1-2-8-14(13)28(40)36(27)33-21-20-24-22(33)19-23(21)34(37-29(41)15-9-3-4-10-16(15)30(37)42)25(20)26(19)35(24)38-31(43)17-11-5-6-12-18(17)32(38)44/h1-12,19-26H/t19?,20?,21-,22-,23-,24-,25-,26-/m0/s1. The summed E-state index contributed by atoms with van der Waals surface area (Å²) < 4.78 is 0. The molecule has 0 N–H and O–H groups in total. The van der Waals surface area contributed by atoms with E-state index in [0.29, 0.717) is 33.4 Å². The first-order valence-electron chi connectivity index (χ1n) is 14.7. The van der Waals surface area contributed by atoms with Gasteiger partial charge >= 0.3 is 0 Å². The van der Waals surface area contributed by atoms with E-state index in [9.17, 15) is 28.8 Å². The van der Waals surface area contributed by atoms with Crippen LogP contribution in [0.2, 0.25) is 0 Å². The molecule has 0 spiro atoms. The number of imide groups is 3. The van der Waals surface area contributed by atoms with Gasteiger partial charge in [0.05, 0.1) is 69.6 Å². The Morgan fingerprint density at radius 2 is 0.500 bits per heavy atom. The number of carbonyl (C=O) groups excluding carboxylic acids is 6. The Bertz CT molecular complexity index is 1670. The van der Waals surface area contributed by atoms with Crippen molar-refractivity contribution in [1.82, 2.24) is 30.1 Å². The number of hydrazine groups is 3. The smallest absolute Gasteiger partial charge is 0.267 e. The molecule has 6 fully saturated rings. The van der Waals surface area contributed by atoms with Crippen molar-refractivity contribution in [2.24, 2.45) is 11.8 Å². The molecule has 9 heterocycles. The third kappa shape index (κ3) is 2.18. The van der Waals surface area contributed by atoms with Crippen LogP contribution in [0.3, 0.4) is 0 Å². The van der Waals surface area contributed by atoms with Crippen LogP contribution >= 0.6 is 0 Å². The Balaban J connectivity index is 1.06. The van der Waals surface area contributed by atoms with Gasteiger partial charge in [-0.15, -0.1) is 0 Å². The minimum atomic E-state index is -0.419. The number of amides is 6. The summed E-state index contributed by atoms with van der Waals surface area (Å²) in [5.41, 5.74) is 1.95. The largest absolute Gasteiger partial charge is 0.276 e. The topological polar surface area (TPSA) is 122 Å². The van der Waals surface area contributed by atoms with Gasteiger partial charge in [0.25, 0.3) is 35.4 Å². The third-order valence-electron chi connectivity index (χ3n) is 11.3. The van der Waals surface area contributed by atoms with E-state index in [-0.39, 0.29) is 48.1 Å². The van der Waals surface area contributed by atoms with Gasteiger partial charge in [0.15, 0.2) is 0 Å². The van der Waals surface area contributed by atoms with Gasteiger partial charge in [-0.3, -0.25) is 28.8 Å². The lowest BCUT2D eigenvalue weighted by Crippen LogP contribution is -2.53. The van der Waals surface area contributed by atoms with Crippen LogP contribution in [-0.4, -0.2) is 102 Å². The molecule has 12 heteroatoms. The monoisotopic (exact) mass is 584 g/mol. The highest BCUT2D eigenvalue weighted by molar-refractivity contribution is 6.22. The summed E-state index contributed by atoms with van der Waals surface area (Å²) >= 11 is 0. The lowest BCUT2D eigenvalue weighted by Gasteiger charge is -2.32. The molecule has 12 nitrogen and oxygen atoms in total. The molecule has 6 atom stereocenters. The first-order valence-corrected chi connectivity index (χ1v) is 14.7. The molecule has 12 rings (SSSR count). The number of rotatable bonds is 3. The van der Waals surface area contributed by atoms with E-state index >= 15 is 0 Å². The molecule has 3 aromatic rings. The van der Waals surface area contributed by atoms with Crippen molar-refractivity contribution >= 4 is 35.4 Å². The van der Waals surface area contributed by atoms with Crippen molar-refractivity contribution in [2.75, 3.05) is 0 Å². The summed E-state index contributed by atoms with van der Waals surface area (Å²) in [7, 11) is 0. The number of fused-ring (bicyclic) bond motifs is 3. The zero-order valence-electron chi connectivity index (χ0n) is 22.7. The van der Waals surface area contributed by atoms with Crippen LogP contribution < -0.4 is 0 Å². The molecule has 9 aliphatic rings. The van der Waals surface area contributed by atoms with E-state index in [1.165, 1.54) is 15.0 Å².